The molecule has 2 aliphatic heterocycles. The number of nitrogens with one attached hydrogen (secondary N) is 1. The SMILES string of the molecule is CN1CCN(c2nc3cnc(NC(=O)c4ccncc4)cc3cc2-c2cncc(N3CCCC3)n2)CC1. The molecule has 0 spiro atoms. The molecule has 10 heteroatoms. The van der Waals surface area contributed by atoms with Gasteiger partial charge in [-0.2, -0.15) is 0 Å². The van der Waals surface area contributed by atoms with Crippen molar-refractivity contribution in [1.29, 1.82) is 0 Å². The molecule has 0 radical (unpaired) electrons. The van der Waals surface area contributed by atoms with E-state index in [2.05, 4.69) is 48.1 Å². The molecule has 0 aliphatic carbocycles. The molecule has 2 saturated heterocycles. The molecule has 0 unspecified atom stereocenters. The van der Waals surface area contributed by atoms with Crippen LogP contribution in [0.15, 0.2) is 55.2 Å². The van der Waals surface area contributed by atoms with Crippen LogP contribution in [0.25, 0.3) is 22.2 Å². The first kappa shape index (κ1) is 23.2. The molecule has 1 N–H and O–H groups in total. The van der Waals surface area contributed by atoms with Crippen LogP contribution in [-0.4, -0.2) is 82.0 Å². The number of piperazine rings is 1. The predicted molar refractivity (Wildman–Crippen MR) is 144 cm³/mol. The van der Waals surface area contributed by atoms with Crippen LogP contribution in [0.2, 0.25) is 0 Å². The Kier molecular flexibility index (Phi) is 6.32. The highest BCUT2D eigenvalue weighted by molar-refractivity contribution is 6.04. The van der Waals surface area contributed by atoms with Crippen molar-refractivity contribution in [2.24, 2.45) is 0 Å². The van der Waals surface area contributed by atoms with E-state index in [1.54, 1.807) is 30.7 Å². The van der Waals surface area contributed by atoms with Gasteiger partial charge in [0.05, 0.1) is 29.8 Å². The second-order valence-electron chi connectivity index (χ2n) is 9.56. The van der Waals surface area contributed by atoms with Crippen molar-refractivity contribution >= 4 is 34.3 Å². The number of aromatic nitrogens is 5. The molecule has 0 bridgehead atoms. The molecule has 4 aromatic heterocycles. The Morgan fingerprint density at radius 3 is 2.43 bits per heavy atom. The first-order chi connectivity index (χ1) is 18.1. The van der Waals surface area contributed by atoms with Crippen LogP contribution < -0.4 is 15.1 Å². The van der Waals surface area contributed by atoms with Crippen LogP contribution in [0.5, 0.6) is 0 Å². The topological polar surface area (TPSA) is 103 Å². The standard InChI is InChI=1S/C27H29N9O/c1-34-10-12-36(13-11-34)26-21(23-16-29-18-25(31-23)35-8-2-3-9-35)14-20-15-24(30-17-22(20)32-26)33-27(37)19-4-6-28-7-5-19/h4-7,14-18H,2-3,8-13H2,1H3,(H,30,33,37). The van der Waals surface area contributed by atoms with Gasteiger partial charge in [-0.1, -0.05) is 0 Å². The third kappa shape index (κ3) is 4.92. The summed E-state index contributed by atoms with van der Waals surface area (Å²) in [6, 6.07) is 7.29. The van der Waals surface area contributed by atoms with Crippen molar-refractivity contribution in [3.8, 4) is 11.3 Å². The highest BCUT2D eigenvalue weighted by atomic mass is 16.1. The monoisotopic (exact) mass is 495 g/mol. The summed E-state index contributed by atoms with van der Waals surface area (Å²) < 4.78 is 0. The quantitative estimate of drug-likeness (QED) is 0.447. The lowest BCUT2D eigenvalue weighted by atomic mass is 10.1. The molecule has 6 heterocycles. The van der Waals surface area contributed by atoms with E-state index in [9.17, 15) is 4.79 Å². The van der Waals surface area contributed by atoms with Gasteiger partial charge in [-0.3, -0.25) is 14.8 Å². The maximum absolute atomic E-state index is 12.7. The highest BCUT2D eigenvalue weighted by Gasteiger charge is 2.22. The van der Waals surface area contributed by atoms with Crippen molar-refractivity contribution < 1.29 is 4.79 Å². The van der Waals surface area contributed by atoms with Gasteiger partial charge in [0, 0.05) is 68.2 Å². The summed E-state index contributed by atoms with van der Waals surface area (Å²) in [5.41, 5.74) is 3.02. The Labute approximate surface area is 215 Å². The number of hydrogen-bond donors (Lipinski definition) is 1. The second kappa shape index (κ2) is 10.1. The van der Waals surface area contributed by atoms with E-state index in [-0.39, 0.29) is 5.91 Å². The molecule has 2 aliphatic rings. The van der Waals surface area contributed by atoms with Crippen LogP contribution in [0, 0.1) is 0 Å². The van der Waals surface area contributed by atoms with E-state index in [1.807, 2.05) is 18.5 Å². The summed E-state index contributed by atoms with van der Waals surface area (Å²) in [4.78, 5) is 42.6. The van der Waals surface area contributed by atoms with E-state index < -0.39 is 0 Å². The number of carbonyl (C=O) groups is 1. The first-order valence-corrected chi connectivity index (χ1v) is 12.7. The minimum atomic E-state index is -0.235. The van der Waals surface area contributed by atoms with E-state index in [0.29, 0.717) is 11.4 Å². The Morgan fingerprint density at radius 2 is 1.65 bits per heavy atom. The second-order valence-corrected chi connectivity index (χ2v) is 9.56. The van der Waals surface area contributed by atoms with Crippen LogP contribution in [0.3, 0.4) is 0 Å². The fourth-order valence-corrected chi connectivity index (χ4v) is 4.86. The van der Waals surface area contributed by atoms with Gasteiger partial charge in [0.15, 0.2) is 0 Å². The summed E-state index contributed by atoms with van der Waals surface area (Å²) in [6.07, 6.45) is 10.9. The van der Waals surface area contributed by atoms with Crippen molar-refractivity contribution in [3.63, 3.8) is 0 Å². The fraction of sp³-hybridized carbons (Fsp3) is 0.333. The lowest BCUT2D eigenvalue weighted by Gasteiger charge is -2.34. The van der Waals surface area contributed by atoms with Crippen LogP contribution in [0.4, 0.5) is 17.5 Å². The van der Waals surface area contributed by atoms with E-state index in [4.69, 9.17) is 9.97 Å². The number of likely N-dealkylation sites (N-methyl/N-ethyl adjacent to an activating group) is 1. The van der Waals surface area contributed by atoms with Gasteiger partial charge in [-0.05, 0) is 44.2 Å². The van der Waals surface area contributed by atoms with Crippen LogP contribution >= 0.6 is 0 Å². The average Bonchev–Trinajstić information content (AvgIpc) is 3.49. The molecule has 6 rings (SSSR count). The smallest absolute Gasteiger partial charge is 0.256 e. The number of nitrogens with zero attached hydrogens (tertiary/aromatic N) is 8. The normalized spacial score (nSPS) is 16.4. The molecule has 1 amide bonds. The molecule has 4 aromatic rings. The zero-order valence-corrected chi connectivity index (χ0v) is 20.8. The van der Waals surface area contributed by atoms with E-state index in [0.717, 1.165) is 73.1 Å². The summed E-state index contributed by atoms with van der Waals surface area (Å²) in [5.74, 6) is 2.02. The van der Waals surface area contributed by atoms with Gasteiger partial charge in [-0.15, -0.1) is 0 Å². The van der Waals surface area contributed by atoms with Crippen molar-refractivity contribution in [2.75, 3.05) is 61.4 Å². The molecule has 0 atom stereocenters. The molecule has 0 aromatic carbocycles. The van der Waals surface area contributed by atoms with Gasteiger partial charge in [0.1, 0.15) is 17.5 Å². The summed E-state index contributed by atoms with van der Waals surface area (Å²) in [6.45, 7) is 5.72. The van der Waals surface area contributed by atoms with Crippen molar-refractivity contribution in [3.05, 3.63) is 60.8 Å². The maximum Gasteiger partial charge on any atom is 0.256 e. The number of carbonyl (C=O) groups excluding carboxylic acids is 1. The molecule has 188 valence electrons. The number of fused-ring (bicyclic) bond motifs is 1. The van der Waals surface area contributed by atoms with Crippen LogP contribution in [-0.2, 0) is 0 Å². The van der Waals surface area contributed by atoms with Gasteiger partial charge < -0.3 is 20.0 Å². The summed E-state index contributed by atoms with van der Waals surface area (Å²) >= 11 is 0. The minimum Gasteiger partial charge on any atom is -0.355 e. The largest absolute Gasteiger partial charge is 0.355 e. The number of pyridine rings is 3. The minimum absolute atomic E-state index is 0.235. The third-order valence-electron chi connectivity index (χ3n) is 7.00. The van der Waals surface area contributed by atoms with E-state index >= 15 is 0 Å². The number of amides is 1. The fourth-order valence-electron chi connectivity index (χ4n) is 4.86. The Morgan fingerprint density at radius 1 is 0.865 bits per heavy atom. The molecule has 10 nitrogen and oxygen atoms in total. The third-order valence-corrected chi connectivity index (χ3v) is 7.00. The highest BCUT2D eigenvalue weighted by Crippen LogP contribution is 2.33. The van der Waals surface area contributed by atoms with Gasteiger partial charge in [0.2, 0.25) is 0 Å². The zero-order valence-electron chi connectivity index (χ0n) is 20.8. The van der Waals surface area contributed by atoms with Gasteiger partial charge in [-0.25, -0.2) is 15.0 Å². The average molecular weight is 496 g/mol. The summed E-state index contributed by atoms with van der Waals surface area (Å²) in [7, 11) is 2.14. The molecule has 2 fully saturated rings. The van der Waals surface area contributed by atoms with E-state index in [1.165, 1.54) is 12.8 Å². The predicted octanol–water partition coefficient (Wildman–Crippen LogP) is 3.09. The molecule has 0 saturated carbocycles. The van der Waals surface area contributed by atoms with Crippen molar-refractivity contribution in [1.82, 2.24) is 29.8 Å². The number of hydrogen-bond acceptors (Lipinski definition) is 9. The molecular weight excluding hydrogens is 466 g/mol. The summed E-state index contributed by atoms with van der Waals surface area (Å²) in [5, 5.41) is 3.76. The Balaban J connectivity index is 1.40. The van der Waals surface area contributed by atoms with Gasteiger partial charge in [0.25, 0.3) is 5.91 Å². The Bertz CT molecular complexity index is 1410. The molecular formula is C27H29N9O. The number of anilines is 3. The molecule has 37 heavy (non-hydrogen) atoms. The van der Waals surface area contributed by atoms with Crippen molar-refractivity contribution in [2.45, 2.75) is 12.8 Å². The number of rotatable bonds is 5. The zero-order chi connectivity index (χ0) is 25.2. The van der Waals surface area contributed by atoms with Gasteiger partial charge >= 0.3 is 0 Å². The lowest BCUT2D eigenvalue weighted by molar-refractivity contribution is 0.102. The van der Waals surface area contributed by atoms with Crippen LogP contribution in [0.1, 0.15) is 23.2 Å². The first-order valence-electron chi connectivity index (χ1n) is 12.7. The maximum atomic E-state index is 12.7. The lowest BCUT2D eigenvalue weighted by Crippen LogP contribution is -2.45. The Hall–Kier alpha value is -4.18.